The van der Waals surface area contributed by atoms with E-state index in [2.05, 4.69) is 97.1 Å². The number of ether oxygens (including phenoxy) is 2. The minimum atomic E-state index is 0.683. The highest BCUT2D eigenvalue weighted by molar-refractivity contribution is 5.97. The van der Waals surface area contributed by atoms with Gasteiger partial charge >= 0.3 is 0 Å². The summed E-state index contributed by atoms with van der Waals surface area (Å²) in [5, 5.41) is 5.59. The van der Waals surface area contributed by atoms with Crippen LogP contribution in [0.3, 0.4) is 0 Å². The number of aromatic nitrogens is 1. The zero-order chi connectivity index (χ0) is 26.5. The molecule has 4 aromatic carbocycles. The second kappa shape index (κ2) is 11.4. The highest BCUT2D eigenvalue weighted by Gasteiger charge is 2.15. The first-order valence-electron chi connectivity index (χ1n) is 12.8. The lowest BCUT2D eigenvalue weighted by Gasteiger charge is -2.17. The van der Waals surface area contributed by atoms with Crippen molar-refractivity contribution in [1.82, 2.24) is 9.88 Å². The van der Waals surface area contributed by atoms with Crippen molar-refractivity contribution in [1.29, 1.82) is 0 Å². The summed E-state index contributed by atoms with van der Waals surface area (Å²) in [6, 6.07) is 33.8. The van der Waals surface area contributed by atoms with Crippen molar-refractivity contribution in [2.75, 3.05) is 46.7 Å². The molecule has 1 aromatic heterocycles. The number of hydrogen-bond donors (Lipinski definition) is 1. The van der Waals surface area contributed by atoms with Crippen LogP contribution in [0.2, 0.25) is 0 Å². The third-order valence-corrected chi connectivity index (χ3v) is 6.63. The summed E-state index contributed by atoms with van der Waals surface area (Å²) in [5.41, 5.74) is 6.59. The Morgan fingerprint density at radius 3 is 1.76 bits per heavy atom. The van der Waals surface area contributed by atoms with E-state index in [0.717, 1.165) is 52.1 Å². The highest BCUT2D eigenvalue weighted by atomic mass is 16.5. The molecule has 0 radical (unpaired) electrons. The van der Waals surface area contributed by atoms with Crippen molar-refractivity contribution >= 4 is 16.6 Å². The topological polar surface area (TPSA) is 46.6 Å². The third-order valence-electron chi connectivity index (χ3n) is 6.63. The molecular formula is C33H33N3O2. The Balaban J connectivity index is 1.70. The lowest BCUT2D eigenvalue weighted by Crippen LogP contribution is -2.21. The molecule has 0 atom stereocenters. The number of benzene rings is 4. The predicted octanol–water partition coefficient (Wildman–Crippen LogP) is 7.23. The van der Waals surface area contributed by atoms with Gasteiger partial charge in [0.2, 0.25) is 0 Å². The van der Waals surface area contributed by atoms with Gasteiger partial charge in [-0.2, -0.15) is 0 Å². The molecule has 0 unspecified atom stereocenters. The molecule has 0 saturated heterocycles. The molecule has 5 rings (SSSR count). The van der Waals surface area contributed by atoms with E-state index in [0.29, 0.717) is 11.5 Å². The Kier molecular flexibility index (Phi) is 7.57. The van der Waals surface area contributed by atoms with Crippen LogP contribution in [0, 0.1) is 0 Å². The molecule has 0 spiro atoms. The summed E-state index contributed by atoms with van der Waals surface area (Å²) in [7, 11) is 7.46. The number of nitrogens with one attached hydrogen (secondary N) is 1. The first-order valence-corrected chi connectivity index (χ1v) is 12.8. The van der Waals surface area contributed by atoms with Gasteiger partial charge in [0, 0.05) is 24.0 Å². The summed E-state index contributed by atoms with van der Waals surface area (Å²) >= 11 is 0. The van der Waals surface area contributed by atoms with Crippen LogP contribution in [0.4, 0.5) is 5.82 Å². The molecule has 1 heterocycles. The van der Waals surface area contributed by atoms with Crippen LogP contribution in [0.5, 0.6) is 11.5 Å². The largest absolute Gasteiger partial charge is 0.493 e. The van der Waals surface area contributed by atoms with Gasteiger partial charge in [0.15, 0.2) is 11.5 Å². The van der Waals surface area contributed by atoms with Gasteiger partial charge in [-0.05, 0) is 78.1 Å². The lowest BCUT2D eigenvalue weighted by atomic mass is 9.94. The number of fused-ring (bicyclic) bond motifs is 1. The fourth-order valence-electron chi connectivity index (χ4n) is 4.63. The Hall–Kier alpha value is -4.35. The Labute approximate surface area is 224 Å². The SMILES string of the molecule is COc1cc2cc(-c3cc(-c4ccccc4)cc(-c4ccccc4)c3)nc(NCCN(C)C)c2cc1OC. The summed E-state index contributed by atoms with van der Waals surface area (Å²) in [5.74, 6) is 2.20. The molecule has 0 fully saturated rings. The molecule has 0 saturated carbocycles. The van der Waals surface area contributed by atoms with Crippen LogP contribution in [0.1, 0.15) is 0 Å². The van der Waals surface area contributed by atoms with Crippen molar-refractivity contribution in [2.45, 2.75) is 0 Å². The quantitative estimate of drug-likeness (QED) is 0.230. The smallest absolute Gasteiger partial charge is 0.161 e. The number of methoxy groups -OCH3 is 2. The molecule has 5 heteroatoms. The molecule has 5 aromatic rings. The maximum atomic E-state index is 5.62. The van der Waals surface area contributed by atoms with Gasteiger partial charge < -0.3 is 19.7 Å². The molecular weight excluding hydrogens is 470 g/mol. The number of likely N-dealkylation sites (N-methyl/N-ethyl adjacent to an activating group) is 1. The molecule has 0 amide bonds. The zero-order valence-electron chi connectivity index (χ0n) is 22.4. The van der Waals surface area contributed by atoms with Crippen LogP contribution in [-0.4, -0.2) is 51.3 Å². The van der Waals surface area contributed by atoms with Crippen molar-refractivity contribution in [2.24, 2.45) is 0 Å². The average Bonchev–Trinajstić information content (AvgIpc) is 2.96. The van der Waals surface area contributed by atoms with Gasteiger partial charge in [0.25, 0.3) is 0 Å². The van der Waals surface area contributed by atoms with Crippen molar-refractivity contribution in [3.05, 3.63) is 97.1 Å². The molecule has 38 heavy (non-hydrogen) atoms. The van der Waals surface area contributed by atoms with Gasteiger partial charge in [-0.1, -0.05) is 60.7 Å². The summed E-state index contributed by atoms with van der Waals surface area (Å²) in [6.07, 6.45) is 0. The molecule has 0 bridgehead atoms. The van der Waals surface area contributed by atoms with Gasteiger partial charge in [0.05, 0.1) is 19.9 Å². The predicted molar refractivity (Wildman–Crippen MR) is 158 cm³/mol. The van der Waals surface area contributed by atoms with Crippen LogP contribution >= 0.6 is 0 Å². The Bertz CT molecular complexity index is 1480. The third kappa shape index (κ3) is 5.48. The first kappa shape index (κ1) is 25.3. The summed E-state index contributed by atoms with van der Waals surface area (Å²) in [6.45, 7) is 1.66. The standard InChI is InChI=1S/C33H33N3O2/c1-36(2)16-15-34-33-29-22-32(38-4)31(37-3)21-27(29)20-30(35-33)28-18-25(23-11-7-5-8-12-23)17-26(19-28)24-13-9-6-10-14-24/h5-14,17-22H,15-16H2,1-4H3,(H,34,35). The van der Waals surface area contributed by atoms with Crippen LogP contribution in [-0.2, 0) is 0 Å². The fourth-order valence-corrected chi connectivity index (χ4v) is 4.63. The normalized spacial score (nSPS) is 11.1. The first-order chi connectivity index (χ1) is 18.6. The minimum Gasteiger partial charge on any atom is -0.493 e. The van der Waals surface area contributed by atoms with E-state index >= 15 is 0 Å². The van der Waals surface area contributed by atoms with E-state index in [1.165, 1.54) is 11.1 Å². The maximum Gasteiger partial charge on any atom is 0.161 e. The summed E-state index contributed by atoms with van der Waals surface area (Å²) < 4.78 is 11.2. The van der Waals surface area contributed by atoms with Crippen LogP contribution in [0.25, 0.3) is 44.3 Å². The lowest BCUT2D eigenvalue weighted by molar-refractivity contribution is 0.356. The molecule has 1 N–H and O–H groups in total. The molecule has 0 aliphatic rings. The number of pyridine rings is 1. The van der Waals surface area contributed by atoms with Crippen molar-refractivity contribution < 1.29 is 9.47 Å². The van der Waals surface area contributed by atoms with Crippen LogP contribution in [0.15, 0.2) is 97.1 Å². The minimum absolute atomic E-state index is 0.683. The maximum absolute atomic E-state index is 5.62. The van der Waals surface area contributed by atoms with E-state index in [1.807, 2.05) is 24.3 Å². The van der Waals surface area contributed by atoms with Gasteiger partial charge in [-0.3, -0.25) is 0 Å². The van der Waals surface area contributed by atoms with Gasteiger partial charge in [-0.15, -0.1) is 0 Å². The number of anilines is 1. The number of rotatable bonds is 9. The number of hydrogen-bond acceptors (Lipinski definition) is 5. The van der Waals surface area contributed by atoms with E-state index in [9.17, 15) is 0 Å². The second-order valence-corrected chi connectivity index (χ2v) is 9.55. The second-order valence-electron chi connectivity index (χ2n) is 9.55. The Morgan fingerprint density at radius 1 is 0.658 bits per heavy atom. The monoisotopic (exact) mass is 503 g/mol. The summed E-state index contributed by atoms with van der Waals surface area (Å²) in [4.78, 5) is 7.29. The van der Waals surface area contributed by atoms with Crippen LogP contribution < -0.4 is 14.8 Å². The van der Waals surface area contributed by atoms with Gasteiger partial charge in [0.1, 0.15) is 5.82 Å². The molecule has 0 aliphatic carbocycles. The Morgan fingerprint density at radius 2 is 1.21 bits per heavy atom. The highest BCUT2D eigenvalue weighted by Crippen LogP contribution is 2.38. The van der Waals surface area contributed by atoms with E-state index in [-0.39, 0.29) is 0 Å². The molecule has 5 nitrogen and oxygen atoms in total. The van der Waals surface area contributed by atoms with Crippen molar-refractivity contribution in [3.63, 3.8) is 0 Å². The van der Waals surface area contributed by atoms with Gasteiger partial charge in [-0.25, -0.2) is 4.98 Å². The van der Waals surface area contributed by atoms with E-state index < -0.39 is 0 Å². The molecule has 192 valence electrons. The van der Waals surface area contributed by atoms with E-state index in [4.69, 9.17) is 14.5 Å². The van der Waals surface area contributed by atoms with E-state index in [1.54, 1.807) is 14.2 Å². The number of nitrogens with zero attached hydrogens (tertiary/aromatic N) is 2. The average molecular weight is 504 g/mol. The zero-order valence-corrected chi connectivity index (χ0v) is 22.4. The molecule has 0 aliphatic heterocycles. The fraction of sp³-hybridized carbons (Fsp3) is 0.182. The van der Waals surface area contributed by atoms with Crippen molar-refractivity contribution in [3.8, 4) is 45.0 Å².